The average molecular weight is 238 g/mol. The predicted molar refractivity (Wildman–Crippen MR) is 69.4 cm³/mol. The summed E-state index contributed by atoms with van der Waals surface area (Å²) in [7, 11) is 0. The number of rotatable bonds is 5. The summed E-state index contributed by atoms with van der Waals surface area (Å²) in [5, 5.41) is 4.47. The van der Waals surface area contributed by atoms with Gasteiger partial charge in [0.25, 0.3) is 0 Å². The molecule has 1 aromatic heterocycles. The zero-order chi connectivity index (χ0) is 12.0. The second-order valence-electron chi connectivity index (χ2n) is 3.61. The van der Waals surface area contributed by atoms with Crippen molar-refractivity contribution in [3.63, 3.8) is 0 Å². The third kappa shape index (κ3) is 3.85. The first-order valence-corrected chi connectivity index (χ1v) is 6.46. The summed E-state index contributed by atoms with van der Waals surface area (Å²) < 4.78 is 2.01. The first-order valence-electron chi connectivity index (χ1n) is 5.47. The van der Waals surface area contributed by atoms with Crippen molar-refractivity contribution in [3.8, 4) is 0 Å². The molecule has 88 valence electrons. The Balaban J connectivity index is 2.56. The first kappa shape index (κ1) is 13.0. The van der Waals surface area contributed by atoms with Crippen LogP contribution in [0.1, 0.15) is 31.5 Å². The van der Waals surface area contributed by atoms with Gasteiger partial charge in [0.05, 0.1) is 6.20 Å². The molecule has 0 spiro atoms. The number of carbonyl (C=O) groups is 1. The third-order valence-corrected chi connectivity index (χ3v) is 3.02. The minimum Gasteiger partial charge on any atom is -0.288 e. The Morgan fingerprint density at radius 3 is 3.00 bits per heavy atom. The van der Waals surface area contributed by atoms with Gasteiger partial charge >= 0.3 is 0 Å². The van der Waals surface area contributed by atoms with Gasteiger partial charge < -0.3 is 0 Å². The van der Waals surface area contributed by atoms with Gasteiger partial charge in [0.2, 0.25) is 0 Å². The average Bonchev–Trinajstić information content (AvgIpc) is 2.57. The molecule has 0 bridgehead atoms. The topological polar surface area (TPSA) is 34.9 Å². The molecule has 0 N–H and O–H groups in total. The minimum atomic E-state index is 0.156. The number of hydrogen-bond acceptors (Lipinski definition) is 3. The molecule has 0 radical (unpaired) electrons. The number of aromatic nitrogens is 2. The van der Waals surface area contributed by atoms with Gasteiger partial charge in [0, 0.05) is 30.5 Å². The van der Waals surface area contributed by atoms with Gasteiger partial charge in [-0.15, -0.1) is 0 Å². The van der Waals surface area contributed by atoms with Crippen LogP contribution in [0.5, 0.6) is 0 Å². The Morgan fingerprint density at radius 2 is 2.38 bits per heavy atom. The molecule has 1 heterocycles. The van der Waals surface area contributed by atoms with Gasteiger partial charge in [-0.1, -0.05) is 30.8 Å². The van der Waals surface area contributed by atoms with Crippen molar-refractivity contribution in [1.29, 1.82) is 0 Å². The lowest BCUT2D eigenvalue weighted by molar-refractivity contribution is -0.109. The fourth-order valence-electron chi connectivity index (χ4n) is 1.40. The highest BCUT2D eigenvalue weighted by molar-refractivity contribution is 8.13. The smallest absolute Gasteiger partial charge is 0.186 e. The number of carbonyl (C=O) groups excluding carboxylic acids is 1. The van der Waals surface area contributed by atoms with E-state index in [1.165, 1.54) is 17.5 Å². The lowest BCUT2D eigenvalue weighted by atomic mass is 10.2. The molecule has 4 heteroatoms. The van der Waals surface area contributed by atoms with Crippen LogP contribution in [0.3, 0.4) is 0 Å². The van der Waals surface area contributed by atoms with Crippen LogP contribution in [0.2, 0.25) is 0 Å². The SMILES string of the molecule is CCCn1ncc(C=CCSC(C)=O)c1C. The number of hydrogen-bond donors (Lipinski definition) is 0. The molecule has 0 fully saturated rings. The predicted octanol–water partition coefficient (Wildman–Crippen LogP) is 2.89. The fourth-order valence-corrected chi connectivity index (χ4v) is 1.83. The third-order valence-electron chi connectivity index (χ3n) is 2.26. The lowest BCUT2D eigenvalue weighted by Gasteiger charge is -2.00. The Hall–Kier alpha value is -1.03. The minimum absolute atomic E-state index is 0.156. The zero-order valence-corrected chi connectivity index (χ0v) is 10.9. The molecule has 0 aliphatic heterocycles. The molecule has 0 aromatic carbocycles. The fraction of sp³-hybridized carbons (Fsp3) is 0.500. The standard InChI is InChI=1S/C12H18N2OS/c1-4-7-14-10(2)12(9-13-14)6-5-8-16-11(3)15/h5-6,9H,4,7-8H2,1-3H3. The van der Waals surface area contributed by atoms with Gasteiger partial charge in [0.15, 0.2) is 5.12 Å². The molecule has 0 saturated heterocycles. The summed E-state index contributed by atoms with van der Waals surface area (Å²) in [4.78, 5) is 10.7. The van der Waals surface area contributed by atoms with Gasteiger partial charge in [-0.05, 0) is 13.3 Å². The van der Waals surface area contributed by atoms with E-state index >= 15 is 0 Å². The van der Waals surface area contributed by atoms with Crippen molar-refractivity contribution < 1.29 is 4.79 Å². The van der Waals surface area contributed by atoms with Crippen LogP contribution in [0.15, 0.2) is 12.3 Å². The summed E-state index contributed by atoms with van der Waals surface area (Å²) in [5.74, 6) is 0.730. The largest absolute Gasteiger partial charge is 0.288 e. The molecule has 3 nitrogen and oxygen atoms in total. The highest BCUT2D eigenvalue weighted by Crippen LogP contribution is 2.11. The second kappa shape index (κ2) is 6.53. The van der Waals surface area contributed by atoms with Crippen LogP contribution in [-0.4, -0.2) is 20.6 Å². The zero-order valence-electron chi connectivity index (χ0n) is 10.1. The summed E-state index contributed by atoms with van der Waals surface area (Å²) in [6.07, 6.45) is 7.00. The van der Waals surface area contributed by atoms with Crippen molar-refractivity contribution in [2.24, 2.45) is 0 Å². The Kier molecular flexibility index (Phi) is 5.32. The molecule has 0 aliphatic carbocycles. The molecule has 0 atom stereocenters. The van der Waals surface area contributed by atoms with Gasteiger partial charge in [-0.3, -0.25) is 9.48 Å². The van der Waals surface area contributed by atoms with Crippen molar-refractivity contribution in [1.82, 2.24) is 9.78 Å². The van der Waals surface area contributed by atoms with Crippen LogP contribution in [-0.2, 0) is 11.3 Å². The molecule has 1 aromatic rings. The van der Waals surface area contributed by atoms with E-state index in [0.717, 1.165) is 24.3 Å². The van der Waals surface area contributed by atoms with E-state index in [4.69, 9.17) is 0 Å². The van der Waals surface area contributed by atoms with Crippen molar-refractivity contribution >= 4 is 23.0 Å². The lowest BCUT2D eigenvalue weighted by Crippen LogP contribution is -2.00. The van der Waals surface area contributed by atoms with E-state index in [9.17, 15) is 4.79 Å². The number of aryl methyl sites for hydroxylation is 1. The van der Waals surface area contributed by atoms with Crippen molar-refractivity contribution in [2.75, 3.05) is 5.75 Å². The molecule has 0 unspecified atom stereocenters. The molecule has 0 aliphatic rings. The number of thioether (sulfide) groups is 1. The van der Waals surface area contributed by atoms with Crippen molar-refractivity contribution in [2.45, 2.75) is 33.7 Å². The van der Waals surface area contributed by atoms with Gasteiger partial charge in [0.1, 0.15) is 0 Å². The summed E-state index contributed by atoms with van der Waals surface area (Å²) >= 11 is 1.32. The van der Waals surface area contributed by atoms with E-state index in [1.54, 1.807) is 6.92 Å². The maximum absolute atomic E-state index is 10.7. The van der Waals surface area contributed by atoms with E-state index in [-0.39, 0.29) is 5.12 Å². The van der Waals surface area contributed by atoms with Crippen molar-refractivity contribution in [3.05, 3.63) is 23.5 Å². The molecule has 16 heavy (non-hydrogen) atoms. The highest BCUT2D eigenvalue weighted by atomic mass is 32.2. The van der Waals surface area contributed by atoms with Gasteiger partial charge in [-0.25, -0.2) is 0 Å². The summed E-state index contributed by atoms with van der Waals surface area (Å²) in [6.45, 7) is 6.76. The second-order valence-corrected chi connectivity index (χ2v) is 4.81. The van der Waals surface area contributed by atoms with Crippen LogP contribution in [0, 0.1) is 6.92 Å². The summed E-state index contributed by atoms with van der Waals surface area (Å²) in [6, 6.07) is 0. The van der Waals surface area contributed by atoms with E-state index in [0.29, 0.717) is 0 Å². The Bertz CT molecular complexity index is 382. The van der Waals surface area contributed by atoms with E-state index in [2.05, 4.69) is 18.9 Å². The quantitative estimate of drug-likeness (QED) is 0.791. The van der Waals surface area contributed by atoms with Crippen LogP contribution in [0.25, 0.3) is 6.08 Å². The Morgan fingerprint density at radius 1 is 1.62 bits per heavy atom. The molecule has 1 rings (SSSR count). The molecular weight excluding hydrogens is 220 g/mol. The Labute approximate surface area is 101 Å². The van der Waals surface area contributed by atoms with Crippen LogP contribution < -0.4 is 0 Å². The number of nitrogens with zero attached hydrogens (tertiary/aromatic N) is 2. The maximum atomic E-state index is 10.7. The molecule has 0 amide bonds. The van der Waals surface area contributed by atoms with Crippen LogP contribution in [0.4, 0.5) is 0 Å². The normalized spacial score (nSPS) is 11.2. The van der Waals surface area contributed by atoms with E-state index in [1.807, 2.05) is 23.0 Å². The monoisotopic (exact) mass is 238 g/mol. The maximum Gasteiger partial charge on any atom is 0.186 e. The molecule has 0 saturated carbocycles. The van der Waals surface area contributed by atoms with E-state index < -0.39 is 0 Å². The first-order chi connectivity index (χ1) is 7.65. The summed E-state index contributed by atoms with van der Waals surface area (Å²) in [5.41, 5.74) is 2.32. The highest BCUT2D eigenvalue weighted by Gasteiger charge is 2.01. The van der Waals surface area contributed by atoms with Gasteiger partial charge in [-0.2, -0.15) is 5.10 Å². The molecular formula is C12H18N2OS. The van der Waals surface area contributed by atoms with Crippen LogP contribution >= 0.6 is 11.8 Å².